The number of methoxy groups -OCH3 is 1. The fraction of sp³-hybridized carbons (Fsp3) is 0.111. The van der Waals surface area contributed by atoms with E-state index in [0.29, 0.717) is 11.3 Å². The van der Waals surface area contributed by atoms with Crippen molar-refractivity contribution in [3.63, 3.8) is 0 Å². The van der Waals surface area contributed by atoms with E-state index in [4.69, 9.17) is 14.7 Å². The fourth-order valence-corrected chi connectivity index (χ4v) is 2.30. The Hall–Kier alpha value is -2.58. The van der Waals surface area contributed by atoms with Crippen molar-refractivity contribution in [2.75, 3.05) is 7.11 Å². The van der Waals surface area contributed by atoms with E-state index < -0.39 is 5.97 Å². The van der Waals surface area contributed by atoms with E-state index in [0.717, 1.165) is 15.6 Å². The van der Waals surface area contributed by atoms with Crippen molar-refractivity contribution in [1.82, 2.24) is 0 Å². The summed E-state index contributed by atoms with van der Waals surface area (Å²) in [7, 11) is 1.57. The van der Waals surface area contributed by atoms with Crippen LogP contribution in [-0.4, -0.2) is 13.1 Å². The minimum atomic E-state index is -0.448. The summed E-state index contributed by atoms with van der Waals surface area (Å²) in [6.45, 7) is 0.124. The molecule has 2 rings (SSSR count). The van der Waals surface area contributed by atoms with E-state index in [2.05, 4.69) is 15.9 Å². The van der Waals surface area contributed by atoms with Gasteiger partial charge in [0.05, 0.1) is 18.7 Å². The van der Waals surface area contributed by atoms with Crippen LogP contribution in [0.4, 0.5) is 0 Å². The first-order chi connectivity index (χ1) is 11.1. The Labute approximate surface area is 143 Å². The molecule has 5 heteroatoms. The van der Waals surface area contributed by atoms with E-state index in [9.17, 15) is 4.79 Å². The summed E-state index contributed by atoms with van der Waals surface area (Å²) in [4.78, 5) is 11.8. The number of carbonyl (C=O) groups is 1. The topological polar surface area (TPSA) is 59.3 Å². The van der Waals surface area contributed by atoms with Crippen LogP contribution in [0.5, 0.6) is 5.75 Å². The maximum atomic E-state index is 11.8. The van der Waals surface area contributed by atoms with Crippen LogP contribution in [0, 0.1) is 11.3 Å². The lowest BCUT2D eigenvalue weighted by Crippen LogP contribution is -2.02. The normalized spacial score (nSPS) is 10.3. The van der Waals surface area contributed by atoms with Crippen LogP contribution in [0.15, 0.2) is 53.0 Å². The highest BCUT2D eigenvalue weighted by atomic mass is 79.9. The number of carbonyl (C=O) groups excluding carboxylic acids is 1. The molecule has 116 valence electrons. The molecule has 0 aliphatic heterocycles. The molecule has 0 saturated carbocycles. The van der Waals surface area contributed by atoms with Crippen molar-refractivity contribution < 1.29 is 14.3 Å². The number of hydrogen-bond acceptors (Lipinski definition) is 4. The molecule has 2 aromatic rings. The van der Waals surface area contributed by atoms with Gasteiger partial charge in [-0.2, -0.15) is 5.26 Å². The predicted octanol–water partition coefficient (Wildman–Crippen LogP) is 4.09. The zero-order valence-corrected chi connectivity index (χ0v) is 14.0. The third kappa shape index (κ3) is 4.97. The van der Waals surface area contributed by atoms with Gasteiger partial charge in [0.1, 0.15) is 12.4 Å². The molecule has 0 heterocycles. The average Bonchev–Trinajstić information content (AvgIpc) is 2.58. The Kier molecular flexibility index (Phi) is 5.95. The average molecular weight is 372 g/mol. The molecule has 0 N–H and O–H groups in total. The van der Waals surface area contributed by atoms with Gasteiger partial charge in [-0.05, 0) is 42.0 Å². The maximum Gasteiger partial charge on any atom is 0.331 e. The second-order valence-corrected chi connectivity index (χ2v) is 5.55. The standard InChI is InChI=1S/C18H14BrNO3/c1-22-17-8-7-16(19)10-15(17)12-23-18(21)9-6-13-2-4-14(11-20)5-3-13/h2-10H,12H2,1H3/b9-6+. The number of nitriles is 1. The smallest absolute Gasteiger partial charge is 0.331 e. The lowest BCUT2D eigenvalue weighted by Gasteiger charge is -2.08. The highest BCUT2D eigenvalue weighted by molar-refractivity contribution is 9.10. The molecule has 0 bridgehead atoms. The Morgan fingerprint density at radius 3 is 2.65 bits per heavy atom. The second-order valence-electron chi connectivity index (χ2n) is 4.63. The molecule has 0 unspecified atom stereocenters. The van der Waals surface area contributed by atoms with Crippen LogP contribution >= 0.6 is 15.9 Å². The van der Waals surface area contributed by atoms with Gasteiger partial charge in [0.2, 0.25) is 0 Å². The molecule has 0 aromatic heterocycles. The fourth-order valence-electron chi connectivity index (χ4n) is 1.89. The van der Waals surface area contributed by atoms with Gasteiger partial charge in [-0.25, -0.2) is 4.79 Å². The lowest BCUT2D eigenvalue weighted by atomic mass is 10.1. The number of hydrogen-bond donors (Lipinski definition) is 0. The molecule has 0 saturated heterocycles. The number of benzene rings is 2. The van der Waals surface area contributed by atoms with Crippen molar-refractivity contribution in [3.05, 3.63) is 69.7 Å². The van der Waals surface area contributed by atoms with Crippen LogP contribution in [0.2, 0.25) is 0 Å². The number of rotatable bonds is 5. The number of halogens is 1. The van der Waals surface area contributed by atoms with Crippen LogP contribution in [0.1, 0.15) is 16.7 Å². The predicted molar refractivity (Wildman–Crippen MR) is 90.7 cm³/mol. The molecule has 2 aromatic carbocycles. The molecule has 0 aliphatic carbocycles. The van der Waals surface area contributed by atoms with Gasteiger partial charge in [-0.15, -0.1) is 0 Å². The summed E-state index contributed by atoms with van der Waals surface area (Å²) in [5.41, 5.74) is 2.18. The first-order valence-electron chi connectivity index (χ1n) is 6.80. The van der Waals surface area contributed by atoms with Crippen LogP contribution in [0.3, 0.4) is 0 Å². The highest BCUT2D eigenvalue weighted by Crippen LogP contribution is 2.23. The largest absolute Gasteiger partial charge is 0.496 e. The Morgan fingerprint density at radius 1 is 1.26 bits per heavy atom. The van der Waals surface area contributed by atoms with E-state index in [-0.39, 0.29) is 6.61 Å². The molecule has 0 aliphatic rings. The summed E-state index contributed by atoms with van der Waals surface area (Å²) < 4.78 is 11.3. The van der Waals surface area contributed by atoms with Gasteiger partial charge in [-0.1, -0.05) is 28.1 Å². The molecule has 0 amide bonds. The molecule has 0 spiro atoms. The first-order valence-corrected chi connectivity index (χ1v) is 7.59. The van der Waals surface area contributed by atoms with Gasteiger partial charge in [0.15, 0.2) is 0 Å². The van der Waals surface area contributed by atoms with Crippen molar-refractivity contribution >= 4 is 28.0 Å². The molecule has 0 fully saturated rings. The Balaban J connectivity index is 1.96. The van der Waals surface area contributed by atoms with Crippen molar-refractivity contribution in [3.8, 4) is 11.8 Å². The Morgan fingerprint density at radius 2 is 2.00 bits per heavy atom. The van der Waals surface area contributed by atoms with E-state index in [1.807, 2.05) is 18.2 Å². The molecule has 23 heavy (non-hydrogen) atoms. The quantitative estimate of drug-likeness (QED) is 0.586. The zero-order valence-electron chi connectivity index (χ0n) is 12.5. The minimum absolute atomic E-state index is 0.124. The molecule has 4 nitrogen and oxygen atoms in total. The first kappa shape index (κ1) is 16.8. The Bertz CT molecular complexity index is 761. The van der Waals surface area contributed by atoms with Gasteiger partial charge < -0.3 is 9.47 Å². The van der Waals surface area contributed by atoms with E-state index in [1.54, 1.807) is 43.5 Å². The van der Waals surface area contributed by atoms with E-state index >= 15 is 0 Å². The molecular weight excluding hydrogens is 358 g/mol. The summed E-state index contributed by atoms with van der Waals surface area (Å²) in [5.74, 6) is 0.216. The lowest BCUT2D eigenvalue weighted by molar-refractivity contribution is -0.138. The molecular formula is C18H14BrNO3. The van der Waals surface area contributed by atoms with Gasteiger partial charge in [0, 0.05) is 16.1 Å². The number of esters is 1. The number of nitrogens with zero attached hydrogens (tertiary/aromatic N) is 1. The maximum absolute atomic E-state index is 11.8. The van der Waals surface area contributed by atoms with Crippen LogP contribution in [-0.2, 0) is 16.1 Å². The van der Waals surface area contributed by atoms with Crippen molar-refractivity contribution in [1.29, 1.82) is 5.26 Å². The third-order valence-electron chi connectivity index (χ3n) is 3.06. The molecule has 0 atom stereocenters. The summed E-state index contributed by atoms with van der Waals surface area (Å²) in [6, 6.07) is 14.5. The van der Waals surface area contributed by atoms with Crippen molar-refractivity contribution in [2.45, 2.75) is 6.61 Å². The summed E-state index contributed by atoms with van der Waals surface area (Å²) in [6.07, 6.45) is 2.99. The number of ether oxygens (including phenoxy) is 2. The monoisotopic (exact) mass is 371 g/mol. The zero-order chi connectivity index (χ0) is 16.7. The van der Waals surface area contributed by atoms with Gasteiger partial charge in [0.25, 0.3) is 0 Å². The van der Waals surface area contributed by atoms with Gasteiger partial charge in [-0.3, -0.25) is 0 Å². The van der Waals surface area contributed by atoms with Gasteiger partial charge >= 0.3 is 5.97 Å². The third-order valence-corrected chi connectivity index (χ3v) is 3.56. The SMILES string of the molecule is COc1ccc(Br)cc1COC(=O)/C=C/c1ccc(C#N)cc1. The minimum Gasteiger partial charge on any atom is -0.496 e. The van der Waals surface area contributed by atoms with Crippen molar-refractivity contribution in [2.24, 2.45) is 0 Å². The van der Waals surface area contributed by atoms with E-state index in [1.165, 1.54) is 6.08 Å². The second kappa shape index (κ2) is 8.16. The van der Waals surface area contributed by atoms with Crippen LogP contribution in [0.25, 0.3) is 6.08 Å². The summed E-state index contributed by atoms with van der Waals surface area (Å²) >= 11 is 3.37. The molecule has 0 radical (unpaired) electrons. The highest BCUT2D eigenvalue weighted by Gasteiger charge is 2.06. The van der Waals surface area contributed by atoms with Crippen LogP contribution < -0.4 is 4.74 Å². The summed E-state index contributed by atoms with van der Waals surface area (Å²) in [5, 5.41) is 8.73.